The first-order valence-corrected chi connectivity index (χ1v) is 9.49. The number of nitrogens with zero attached hydrogens (tertiary/aromatic N) is 3. The largest absolute Gasteiger partial charge is 0.507 e. The lowest BCUT2D eigenvalue weighted by Crippen LogP contribution is -2.22. The van der Waals surface area contributed by atoms with Crippen molar-refractivity contribution in [3.8, 4) is 5.75 Å². The van der Waals surface area contributed by atoms with Crippen LogP contribution in [0, 0.1) is 10.1 Å². The summed E-state index contributed by atoms with van der Waals surface area (Å²) in [5.41, 5.74) is 0.446. The van der Waals surface area contributed by atoms with Gasteiger partial charge in [0.25, 0.3) is 11.6 Å². The molecule has 0 aromatic heterocycles. The summed E-state index contributed by atoms with van der Waals surface area (Å²) >= 11 is 18.2. The summed E-state index contributed by atoms with van der Waals surface area (Å²) in [7, 11) is 0. The lowest BCUT2D eigenvalue weighted by molar-refractivity contribution is -0.384. The van der Waals surface area contributed by atoms with Crippen LogP contribution in [-0.2, 0) is 4.79 Å². The summed E-state index contributed by atoms with van der Waals surface area (Å²) in [5, 5.41) is 26.5. The Bertz CT molecular complexity index is 1070. The highest BCUT2D eigenvalue weighted by Crippen LogP contribution is 2.34. The first-order valence-electron chi connectivity index (χ1n) is 7.50. The first kappa shape index (κ1) is 20.3. The van der Waals surface area contributed by atoms with Crippen LogP contribution in [0.15, 0.2) is 46.4 Å². The Hall–Kier alpha value is -2.46. The molecule has 1 N–H and O–H groups in total. The number of hydrogen-bond acceptors (Lipinski definition) is 7. The quantitative estimate of drug-likeness (QED) is 0.234. The molecule has 1 amide bonds. The number of phenols is 1. The maximum Gasteiger partial charge on any atom is 0.286 e. The Morgan fingerprint density at radius 2 is 1.96 bits per heavy atom. The number of nitro benzene ring substituents is 1. The Balaban J connectivity index is 1.86. The fourth-order valence-corrected chi connectivity index (χ4v) is 3.82. The zero-order chi connectivity index (χ0) is 20.4. The predicted octanol–water partition coefficient (Wildman–Crippen LogP) is 4.84. The number of hydrazone groups is 1. The van der Waals surface area contributed by atoms with Crippen LogP contribution in [0.2, 0.25) is 10.0 Å². The van der Waals surface area contributed by atoms with Crippen molar-refractivity contribution in [3.63, 3.8) is 0 Å². The fourth-order valence-electron chi connectivity index (χ4n) is 2.20. The number of carbonyl (C=O) groups excluding carboxylic acids is 1. The average molecular weight is 454 g/mol. The molecular weight excluding hydrogens is 445 g/mol. The van der Waals surface area contributed by atoms with Gasteiger partial charge in [0.2, 0.25) is 0 Å². The molecule has 0 spiro atoms. The van der Waals surface area contributed by atoms with E-state index in [4.69, 9.17) is 35.4 Å². The second-order valence-corrected chi connectivity index (χ2v) is 7.92. The molecule has 1 aliphatic heterocycles. The van der Waals surface area contributed by atoms with Gasteiger partial charge in [-0.2, -0.15) is 10.1 Å². The van der Waals surface area contributed by atoms with Gasteiger partial charge < -0.3 is 5.11 Å². The zero-order valence-corrected chi connectivity index (χ0v) is 16.8. The van der Waals surface area contributed by atoms with Crippen molar-refractivity contribution in [2.24, 2.45) is 5.10 Å². The van der Waals surface area contributed by atoms with Crippen LogP contribution in [0.5, 0.6) is 5.75 Å². The second kappa shape index (κ2) is 8.27. The molecule has 1 heterocycles. The van der Waals surface area contributed by atoms with Gasteiger partial charge in [0.05, 0.1) is 16.0 Å². The summed E-state index contributed by atoms with van der Waals surface area (Å²) in [6.45, 7) is 0. The third kappa shape index (κ3) is 4.33. The van der Waals surface area contributed by atoms with Gasteiger partial charge in [0, 0.05) is 27.7 Å². The van der Waals surface area contributed by atoms with Gasteiger partial charge in [-0.1, -0.05) is 41.0 Å². The predicted molar refractivity (Wildman–Crippen MR) is 114 cm³/mol. The molecule has 0 aliphatic carbocycles. The molecule has 1 saturated heterocycles. The van der Waals surface area contributed by atoms with Gasteiger partial charge in [-0.15, -0.1) is 0 Å². The summed E-state index contributed by atoms with van der Waals surface area (Å²) in [6.07, 6.45) is 2.70. The van der Waals surface area contributed by atoms with Crippen molar-refractivity contribution in [2.45, 2.75) is 0 Å². The van der Waals surface area contributed by atoms with Gasteiger partial charge >= 0.3 is 0 Å². The Kier molecular flexibility index (Phi) is 5.99. The molecule has 7 nitrogen and oxygen atoms in total. The highest BCUT2D eigenvalue weighted by atomic mass is 35.5. The highest BCUT2D eigenvalue weighted by Gasteiger charge is 2.32. The van der Waals surface area contributed by atoms with Crippen molar-refractivity contribution in [3.05, 3.63) is 72.6 Å². The number of benzene rings is 2. The normalized spacial score (nSPS) is 15.8. The number of carbonyl (C=O) groups is 1. The maximum absolute atomic E-state index is 12.6. The van der Waals surface area contributed by atoms with E-state index in [9.17, 15) is 20.0 Å². The van der Waals surface area contributed by atoms with E-state index in [0.29, 0.717) is 20.5 Å². The topological polar surface area (TPSA) is 96.0 Å². The van der Waals surface area contributed by atoms with Crippen LogP contribution >= 0.6 is 47.2 Å². The van der Waals surface area contributed by atoms with Crippen LogP contribution < -0.4 is 0 Å². The smallest absolute Gasteiger partial charge is 0.286 e. The molecule has 142 valence electrons. The van der Waals surface area contributed by atoms with E-state index in [1.165, 1.54) is 6.07 Å². The third-order valence-electron chi connectivity index (χ3n) is 3.56. The van der Waals surface area contributed by atoms with Crippen LogP contribution in [0.1, 0.15) is 11.1 Å². The Morgan fingerprint density at radius 3 is 2.64 bits per heavy atom. The van der Waals surface area contributed by atoms with Crippen LogP contribution in [0.4, 0.5) is 5.69 Å². The molecule has 0 saturated carbocycles. The maximum atomic E-state index is 12.6. The second-order valence-electron chi connectivity index (χ2n) is 5.40. The van der Waals surface area contributed by atoms with Crippen LogP contribution in [-0.4, -0.2) is 31.5 Å². The molecule has 1 fully saturated rings. The molecule has 0 bridgehead atoms. The summed E-state index contributed by atoms with van der Waals surface area (Å²) in [5.74, 6) is -0.703. The van der Waals surface area contributed by atoms with Crippen molar-refractivity contribution < 1.29 is 14.8 Å². The zero-order valence-electron chi connectivity index (χ0n) is 13.7. The van der Waals surface area contributed by atoms with Crippen molar-refractivity contribution in [2.75, 3.05) is 0 Å². The lowest BCUT2D eigenvalue weighted by Gasteiger charge is -2.06. The van der Waals surface area contributed by atoms with Gasteiger partial charge in [-0.25, -0.2) is 0 Å². The van der Waals surface area contributed by atoms with E-state index in [2.05, 4.69) is 5.10 Å². The van der Waals surface area contributed by atoms with Gasteiger partial charge in [-0.3, -0.25) is 14.9 Å². The number of non-ortho nitro benzene ring substituents is 1. The number of rotatable bonds is 4. The van der Waals surface area contributed by atoms with Gasteiger partial charge in [0.15, 0.2) is 4.32 Å². The van der Waals surface area contributed by atoms with E-state index in [1.807, 2.05) is 0 Å². The molecule has 0 atom stereocenters. The number of aromatic hydroxyl groups is 1. The molecule has 1 aliphatic rings. The summed E-state index contributed by atoms with van der Waals surface area (Å²) in [6, 6.07) is 8.33. The van der Waals surface area contributed by atoms with Crippen molar-refractivity contribution in [1.82, 2.24) is 5.01 Å². The number of phenolic OH excluding ortho intramolecular Hbond substituents is 1. The number of thiocarbonyl (C=S) groups is 1. The van der Waals surface area contributed by atoms with Crippen molar-refractivity contribution >= 4 is 75.4 Å². The van der Waals surface area contributed by atoms with Gasteiger partial charge in [0.1, 0.15) is 5.75 Å². The lowest BCUT2D eigenvalue weighted by atomic mass is 10.2. The van der Waals surface area contributed by atoms with E-state index in [1.54, 1.807) is 24.3 Å². The molecule has 28 heavy (non-hydrogen) atoms. The minimum atomic E-state index is -0.602. The Labute approximate surface area is 178 Å². The number of nitro groups is 1. The fraction of sp³-hybridized carbons (Fsp3) is 0. The molecular formula is C17H9Cl2N3O4S2. The van der Waals surface area contributed by atoms with E-state index >= 15 is 0 Å². The Morgan fingerprint density at radius 1 is 1.21 bits per heavy atom. The number of thioether (sulfide) groups is 1. The van der Waals surface area contributed by atoms with E-state index in [0.717, 1.165) is 35.1 Å². The molecule has 0 unspecified atom stereocenters. The monoisotopic (exact) mass is 453 g/mol. The first-order chi connectivity index (χ1) is 13.3. The molecule has 2 aromatic rings. The van der Waals surface area contributed by atoms with Crippen LogP contribution in [0.25, 0.3) is 6.08 Å². The standard InChI is InChI=1S/C17H9Cl2N3O4S2/c18-11-2-1-9(13(19)7-11)6-15-16(24)21(17(27)28-15)20-8-10-5-12(22(25)26)3-4-14(10)23/h1-8,23H. The van der Waals surface area contributed by atoms with Crippen molar-refractivity contribution in [1.29, 1.82) is 0 Å². The molecule has 2 aromatic carbocycles. The molecule has 11 heteroatoms. The third-order valence-corrected chi connectivity index (χ3v) is 5.40. The van der Waals surface area contributed by atoms with E-state index in [-0.39, 0.29) is 21.3 Å². The van der Waals surface area contributed by atoms with Gasteiger partial charge in [-0.05, 0) is 42.1 Å². The highest BCUT2D eigenvalue weighted by molar-refractivity contribution is 8.26. The molecule has 3 rings (SSSR count). The minimum Gasteiger partial charge on any atom is -0.507 e. The number of amides is 1. The SMILES string of the molecule is O=C1C(=Cc2ccc(Cl)cc2Cl)SC(=S)N1N=Cc1cc([N+](=O)[O-])ccc1O. The summed E-state index contributed by atoms with van der Waals surface area (Å²) in [4.78, 5) is 23.1. The minimum absolute atomic E-state index is 0.0768. The summed E-state index contributed by atoms with van der Waals surface area (Å²) < 4.78 is 0.169. The average Bonchev–Trinajstić information content (AvgIpc) is 2.90. The van der Waals surface area contributed by atoms with Crippen LogP contribution in [0.3, 0.4) is 0 Å². The number of halogens is 2. The number of hydrogen-bond donors (Lipinski definition) is 1. The molecule has 0 radical (unpaired) electrons. The van der Waals surface area contributed by atoms with E-state index < -0.39 is 10.8 Å².